The second-order valence-corrected chi connectivity index (χ2v) is 7.44. The predicted molar refractivity (Wildman–Crippen MR) is 98.0 cm³/mol. The van der Waals surface area contributed by atoms with E-state index in [0.29, 0.717) is 5.56 Å². The fourth-order valence-corrected chi connectivity index (χ4v) is 4.29. The van der Waals surface area contributed by atoms with E-state index in [4.69, 9.17) is 0 Å². The van der Waals surface area contributed by atoms with Gasteiger partial charge in [-0.2, -0.15) is 0 Å². The van der Waals surface area contributed by atoms with Crippen molar-refractivity contribution < 1.29 is 4.79 Å². The summed E-state index contributed by atoms with van der Waals surface area (Å²) in [7, 11) is 0. The van der Waals surface area contributed by atoms with Gasteiger partial charge < -0.3 is 15.6 Å². The highest BCUT2D eigenvalue weighted by molar-refractivity contribution is 5.97. The number of nitrogens with one attached hydrogen (secondary N) is 3. The SMILES string of the molecule is CC1NCCCC1NC(=O)c1ccc2c(c1)[nH]c(=O)n2C1CCCC1. The molecule has 0 radical (unpaired) electrons. The van der Waals surface area contributed by atoms with Crippen molar-refractivity contribution >= 4 is 16.9 Å². The van der Waals surface area contributed by atoms with Crippen LogP contribution in [0.2, 0.25) is 0 Å². The smallest absolute Gasteiger partial charge is 0.326 e. The molecule has 0 spiro atoms. The summed E-state index contributed by atoms with van der Waals surface area (Å²) in [6.45, 7) is 3.11. The molecule has 1 aliphatic heterocycles. The van der Waals surface area contributed by atoms with Crippen molar-refractivity contribution in [1.82, 2.24) is 20.2 Å². The zero-order chi connectivity index (χ0) is 17.4. The Morgan fingerprint density at radius 3 is 2.76 bits per heavy atom. The summed E-state index contributed by atoms with van der Waals surface area (Å²) in [6.07, 6.45) is 6.54. The first-order valence-electron chi connectivity index (χ1n) is 9.42. The number of aromatic amines is 1. The molecular weight excluding hydrogens is 316 g/mol. The highest BCUT2D eigenvalue weighted by atomic mass is 16.2. The maximum atomic E-state index is 12.6. The molecule has 1 amide bonds. The van der Waals surface area contributed by atoms with Crippen molar-refractivity contribution in [2.45, 2.75) is 63.6 Å². The Hall–Kier alpha value is -2.08. The summed E-state index contributed by atoms with van der Waals surface area (Å²) in [4.78, 5) is 27.9. The topological polar surface area (TPSA) is 78.9 Å². The van der Waals surface area contributed by atoms with Crippen LogP contribution in [-0.2, 0) is 0 Å². The molecule has 6 nitrogen and oxygen atoms in total. The minimum atomic E-state index is -0.0723. The molecule has 1 saturated carbocycles. The average Bonchev–Trinajstić information content (AvgIpc) is 3.22. The fraction of sp³-hybridized carbons (Fsp3) is 0.579. The minimum Gasteiger partial charge on any atom is -0.348 e. The maximum absolute atomic E-state index is 12.6. The lowest BCUT2D eigenvalue weighted by atomic mass is 9.99. The van der Waals surface area contributed by atoms with Crippen LogP contribution < -0.4 is 16.3 Å². The number of carbonyl (C=O) groups excluding carboxylic acids is 1. The molecule has 1 saturated heterocycles. The van der Waals surface area contributed by atoms with Crippen LogP contribution in [0.5, 0.6) is 0 Å². The first-order valence-corrected chi connectivity index (χ1v) is 9.42. The number of aromatic nitrogens is 2. The van der Waals surface area contributed by atoms with Gasteiger partial charge in [-0.05, 0) is 57.4 Å². The Kier molecular flexibility index (Phi) is 4.37. The van der Waals surface area contributed by atoms with E-state index in [9.17, 15) is 9.59 Å². The van der Waals surface area contributed by atoms with Crippen molar-refractivity contribution in [2.24, 2.45) is 0 Å². The minimum absolute atomic E-state index is 0.0652. The van der Waals surface area contributed by atoms with Gasteiger partial charge >= 0.3 is 5.69 Å². The Morgan fingerprint density at radius 2 is 2.00 bits per heavy atom. The van der Waals surface area contributed by atoms with E-state index >= 15 is 0 Å². The van der Waals surface area contributed by atoms with Crippen LogP contribution in [0, 0.1) is 0 Å². The monoisotopic (exact) mass is 342 g/mol. The molecule has 3 N–H and O–H groups in total. The molecule has 0 bridgehead atoms. The summed E-state index contributed by atoms with van der Waals surface area (Å²) in [6, 6.07) is 6.26. The van der Waals surface area contributed by atoms with Gasteiger partial charge in [-0.1, -0.05) is 12.8 Å². The van der Waals surface area contributed by atoms with Gasteiger partial charge in [-0.25, -0.2) is 4.79 Å². The molecule has 1 aromatic heterocycles. The highest BCUT2D eigenvalue weighted by Crippen LogP contribution is 2.30. The number of imidazole rings is 1. The van der Waals surface area contributed by atoms with E-state index in [-0.39, 0.29) is 29.7 Å². The van der Waals surface area contributed by atoms with Crippen LogP contribution in [0.1, 0.15) is 61.8 Å². The number of hydrogen-bond acceptors (Lipinski definition) is 3. The molecule has 6 heteroatoms. The molecule has 1 aliphatic carbocycles. The Labute approximate surface area is 147 Å². The van der Waals surface area contributed by atoms with Crippen LogP contribution in [-0.4, -0.2) is 34.1 Å². The second kappa shape index (κ2) is 6.67. The largest absolute Gasteiger partial charge is 0.348 e. The van der Waals surface area contributed by atoms with E-state index in [0.717, 1.165) is 43.3 Å². The third-order valence-electron chi connectivity index (χ3n) is 5.75. The molecule has 134 valence electrons. The van der Waals surface area contributed by atoms with Gasteiger partial charge in [-0.3, -0.25) is 9.36 Å². The number of hydrogen-bond donors (Lipinski definition) is 3. The molecule has 4 rings (SSSR count). The van der Waals surface area contributed by atoms with Crippen molar-refractivity contribution in [3.8, 4) is 0 Å². The van der Waals surface area contributed by atoms with Crippen molar-refractivity contribution in [3.63, 3.8) is 0 Å². The van der Waals surface area contributed by atoms with Gasteiger partial charge in [0.05, 0.1) is 11.0 Å². The zero-order valence-corrected chi connectivity index (χ0v) is 14.7. The third-order valence-corrected chi connectivity index (χ3v) is 5.75. The van der Waals surface area contributed by atoms with Gasteiger partial charge in [-0.15, -0.1) is 0 Å². The number of rotatable bonds is 3. The van der Waals surface area contributed by atoms with E-state index in [1.807, 2.05) is 16.7 Å². The number of amides is 1. The van der Waals surface area contributed by atoms with Crippen molar-refractivity contribution in [1.29, 1.82) is 0 Å². The summed E-state index contributed by atoms with van der Waals surface area (Å²) in [5.74, 6) is -0.0723. The van der Waals surface area contributed by atoms with Crippen LogP contribution in [0.25, 0.3) is 11.0 Å². The molecule has 2 fully saturated rings. The molecule has 1 aromatic carbocycles. The number of H-pyrrole nitrogens is 1. The normalized spacial score (nSPS) is 24.7. The fourth-order valence-electron chi connectivity index (χ4n) is 4.29. The van der Waals surface area contributed by atoms with E-state index in [1.165, 1.54) is 12.8 Å². The number of benzene rings is 1. The molecule has 2 unspecified atom stereocenters. The first-order chi connectivity index (χ1) is 12.1. The predicted octanol–water partition coefficient (Wildman–Crippen LogP) is 2.31. The number of piperidine rings is 1. The molecule has 25 heavy (non-hydrogen) atoms. The second-order valence-electron chi connectivity index (χ2n) is 7.44. The van der Waals surface area contributed by atoms with Gasteiger partial charge in [0.25, 0.3) is 5.91 Å². The lowest BCUT2D eigenvalue weighted by molar-refractivity contribution is 0.0920. The van der Waals surface area contributed by atoms with Crippen molar-refractivity contribution in [2.75, 3.05) is 6.54 Å². The summed E-state index contributed by atoms with van der Waals surface area (Å²) < 4.78 is 1.87. The van der Waals surface area contributed by atoms with Crippen molar-refractivity contribution in [3.05, 3.63) is 34.2 Å². The third kappa shape index (κ3) is 3.11. The highest BCUT2D eigenvalue weighted by Gasteiger charge is 2.24. The molecule has 2 atom stereocenters. The van der Waals surface area contributed by atoms with Gasteiger partial charge in [0.15, 0.2) is 0 Å². The number of nitrogens with zero attached hydrogens (tertiary/aromatic N) is 1. The molecule has 2 aliphatic rings. The Morgan fingerprint density at radius 1 is 1.20 bits per heavy atom. The van der Waals surface area contributed by atoms with E-state index in [2.05, 4.69) is 22.5 Å². The lowest BCUT2D eigenvalue weighted by Crippen LogP contribution is -2.51. The summed E-state index contributed by atoms with van der Waals surface area (Å²) in [5.41, 5.74) is 2.19. The standard InChI is InChI=1S/C19H26N4O2/c1-12-15(7-4-10-20-12)21-18(24)13-8-9-17-16(11-13)22-19(25)23(17)14-5-2-3-6-14/h8-9,11-12,14-15,20H,2-7,10H2,1H3,(H,21,24)(H,22,25). The van der Waals surface area contributed by atoms with Gasteiger partial charge in [0.1, 0.15) is 0 Å². The van der Waals surface area contributed by atoms with E-state index < -0.39 is 0 Å². The molecule has 2 aromatic rings. The number of fused-ring (bicyclic) bond motifs is 1. The number of carbonyl (C=O) groups is 1. The first kappa shape index (κ1) is 16.4. The van der Waals surface area contributed by atoms with Crippen LogP contribution in [0.4, 0.5) is 0 Å². The quantitative estimate of drug-likeness (QED) is 0.801. The maximum Gasteiger partial charge on any atom is 0.326 e. The van der Waals surface area contributed by atoms with Gasteiger partial charge in [0, 0.05) is 23.7 Å². The van der Waals surface area contributed by atoms with Crippen LogP contribution in [0.3, 0.4) is 0 Å². The average molecular weight is 342 g/mol. The van der Waals surface area contributed by atoms with Gasteiger partial charge in [0.2, 0.25) is 0 Å². The summed E-state index contributed by atoms with van der Waals surface area (Å²) >= 11 is 0. The zero-order valence-electron chi connectivity index (χ0n) is 14.7. The Bertz CT molecular complexity index is 832. The van der Waals surface area contributed by atoms with Crippen LogP contribution >= 0.6 is 0 Å². The Balaban J connectivity index is 1.58. The lowest BCUT2D eigenvalue weighted by Gasteiger charge is -2.30. The summed E-state index contributed by atoms with van der Waals surface area (Å²) in [5, 5.41) is 6.52. The van der Waals surface area contributed by atoms with E-state index in [1.54, 1.807) is 6.07 Å². The molecular formula is C19H26N4O2. The molecule has 2 heterocycles. The van der Waals surface area contributed by atoms with Crippen LogP contribution in [0.15, 0.2) is 23.0 Å².